The fourth-order valence-corrected chi connectivity index (χ4v) is 7.21. The molecule has 4 aliphatic carbocycles. The molecule has 0 aromatic rings. The minimum Gasteiger partial charge on any atom is -0.490 e. The van der Waals surface area contributed by atoms with Gasteiger partial charge in [0.05, 0.1) is 10.8 Å². The number of ketones is 2. The second kappa shape index (κ2) is 5.73. The topological polar surface area (TPSA) is 43.4 Å². The summed E-state index contributed by atoms with van der Waals surface area (Å²) in [6, 6.07) is 0. The van der Waals surface area contributed by atoms with E-state index in [-0.39, 0.29) is 23.1 Å². The number of hydrogen-bond acceptors (Lipinski definition) is 3. The largest absolute Gasteiger partial charge is 0.490 e. The van der Waals surface area contributed by atoms with Crippen molar-refractivity contribution in [2.75, 3.05) is 0 Å². The Morgan fingerprint density at radius 3 is 2.21 bits per heavy atom. The van der Waals surface area contributed by atoms with Crippen LogP contribution in [0.1, 0.15) is 87.5 Å². The van der Waals surface area contributed by atoms with Gasteiger partial charge in [0.2, 0.25) is 0 Å². The average molecular weight is 387 g/mol. The molecule has 0 aromatic heterocycles. The van der Waals surface area contributed by atoms with E-state index in [1.807, 2.05) is 13.8 Å². The molecular weight excluding hydrogens is 348 g/mol. The van der Waals surface area contributed by atoms with Crippen LogP contribution >= 0.6 is 0 Å². The van der Waals surface area contributed by atoms with Crippen LogP contribution < -0.4 is 0 Å². The summed E-state index contributed by atoms with van der Waals surface area (Å²) in [7, 11) is 0. The highest BCUT2D eigenvalue weighted by molar-refractivity contribution is 6.19. The third-order valence-corrected chi connectivity index (χ3v) is 8.84. The van der Waals surface area contributed by atoms with E-state index in [0.29, 0.717) is 17.3 Å². The Hall–Kier alpha value is -1.12. The minimum absolute atomic E-state index is 0.00523. The maximum atomic E-state index is 13.5. The first-order chi connectivity index (χ1) is 12.7. The molecule has 3 saturated carbocycles. The molecule has 0 amide bonds. The maximum absolute atomic E-state index is 13.5. The fraction of sp³-hybridized carbons (Fsp3) is 0.840. The van der Waals surface area contributed by atoms with Crippen LogP contribution in [0.5, 0.6) is 0 Å². The molecule has 1 heterocycles. The smallest absolute Gasteiger partial charge is 0.175 e. The summed E-state index contributed by atoms with van der Waals surface area (Å²) in [4.78, 5) is 26.8. The lowest BCUT2D eigenvalue weighted by Crippen LogP contribution is -2.65. The van der Waals surface area contributed by atoms with Gasteiger partial charge in [0.25, 0.3) is 0 Å². The standard InChI is InChI=1S/C25H38O3/c1-14(2)11-15-13-25(10-9-16-12-17(25)22(16,3)4)28-20-18(15)19(26)23(5,6)21(27)24(20,7)8/h14-17H,9-13H2,1-8H3. The van der Waals surface area contributed by atoms with E-state index in [0.717, 1.165) is 36.5 Å². The predicted octanol–water partition coefficient (Wildman–Crippen LogP) is 5.72. The lowest BCUT2D eigenvalue weighted by Gasteiger charge is -2.67. The van der Waals surface area contributed by atoms with Crippen LogP contribution in [0.15, 0.2) is 11.3 Å². The second-order valence-electron chi connectivity index (χ2n) is 12.2. The van der Waals surface area contributed by atoms with Gasteiger partial charge in [-0.15, -0.1) is 0 Å². The van der Waals surface area contributed by atoms with Gasteiger partial charge in [-0.3, -0.25) is 9.59 Å². The number of ether oxygens (including phenoxy) is 1. The molecule has 156 valence electrons. The molecule has 28 heavy (non-hydrogen) atoms. The molecule has 4 unspecified atom stereocenters. The van der Waals surface area contributed by atoms with Crippen molar-refractivity contribution in [2.24, 2.45) is 39.9 Å². The van der Waals surface area contributed by atoms with Gasteiger partial charge >= 0.3 is 0 Å². The zero-order chi connectivity index (χ0) is 20.9. The normalized spacial score (nSPS) is 40.2. The van der Waals surface area contributed by atoms with Gasteiger partial charge in [0, 0.05) is 11.5 Å². The monoisotopic (exact) mass is 386 g/mol. The number of carbonyl (C=O) groups excluding carboxylic acids is 2. The van der Waals surface area contributed by atoms with Crippen molar-refractivity contribution in [2.45, 2.75) is 93.1 Å². The Bertz CT molecular complexity index is 765. The van der Waals surface area contributed by atoms with Crippen LogP contribution in [-0.2, 0) is 14.3 Å². The predicted molar refractivity (Wildman–Crippen MR) is 111 cm³/mol. The minimum atomic E-state index is -0.959. The quantitative estimate of drug-likeness (QED) is 0.570. The van der Waals surface area contributed by atoms with Gasteiger partial charge in [0.1, 0.15) is 11.4 Å². The molecule has 1 aliphatic heterocycles. The summed E-state index contributed by atoms with van der Waals surface area (Å²) in [5.74, 6) is 2.78. The van der Waals surface area contributed by atoms with E-state index in [1.165, 1.54) is 12.8 Å². The number of hydrogen-bond donors (Lipinski definition) is 0. The highest BCUT2D eigenvalue weighted by Gasteiger charge is 2.67. The number of Topliss-reactive ketones (excluding diaryl/α,β-unsaturated/α-hetero) is 2. The second-order valence-corrected chi connectivity index (χ2v) is 12.2. The van der Waals surface area contributed by atoms with E-state index >= 15 is 0 Å². The third kappa shape index (κ3) is 2.40. The van der Waals surface area contributed by atoms with Crippen LogP contribution in [-0.4, -0.2) is 17.2 Å². The maximum Gasteiger partial charge on any atom is 0.175 e. The molecule has 0 saturated heterocycles. The zero-order valence-electron chi connectivity index (χ0n) is 19.1. The van der Waals surface area contributed by atoms with Crippen molar-refractivity contribution in [3.05, 3.63) is 11.3 Å². The number of rotatable bonds is 2. The summed E-state index contributed by atoms with van der Waals surface area (Å²) in [5.41, 5.74) is -0.757. The number of carbonyl (C=O) groups is 2. The summed E-state index contributed by atoms with van der Waals surface area (Å²) >= 11 is 0. The Morgan fingerprint density at radius 2 is 1.68 bits per heavy atom. The average Bonchev–Trinajstić information content (AvgIpc) is 2.58. The first-order valence-corrected chi connectivity index (χ1v) is 11.3. The molecule has 0 radical (unpaired) electrons. The van der Waals surface area contributed by atoms with Gasteiger partial charge in [-0.25, -0.2) is 0 Å². The molecule has 4 atom stereocenters. The summed E-state index contributed by atoms with van der Waals surface area (Å²) in [6.45, 7) is 16.8. The molecular formula is C25H38O3. The molecule has 0 N–H and O–H groups in total. The lowest BCUT2D eigenvalue weighted by atomic mass is 9.42. The van der Waals surface area contributed by atoms with E-state index < -0.39 is 10.8 Å². The molecule has 3 heteroatoms. The highest BCUT2D eigenvalue weighted by atomic mass is 16.5. The van der Waals surface area contributed by atoms with Gasteiger partial charge < -0.3 is 4.74 Å². The Morgan fingerprint density at radius 1 is 1.04 bits per heavy atom. The van der Waals surface area contributed by atoms with Crippen molar-refractivity contribution in [1.82, 2.24) is 0 Å². The van der Waals surface area contributed by atoms with E-state index in [4.69, 9.17) is 4.74 Å². The van der Waals surface area contributed by atoms with Crippen LogP contribution in [0.25, 0.3) is 0 Å². The third-order valence-electron chi connectivity index (χ3n) is 8.84. The van der Waals surface area contributed by atoms with Crippen molar-refractivity contribution < 1.29 is 14.3 Å². The van der Waals surface area contributed by atoms with Gasteiger partial charge in [-0.1, -0.05) is 27.7 Å². The lowest BCUT2D eigenvalue weighted by molar-refractivity contribution is -0.230. The summed E-state index contributed by atoms with van der Waals surface area (Å²) in [6.07, 6.45) is 5.44. The summed E-state index contributed by atoms with van der Waals surface area (Å²) in [5, 5.41) is 0. The van der Waals surface area contributed by atoms with E-state index in [2.05, 4.69) is 27.7 Å². The molecule has 3 nitrogen and oxygen atoms in total. The van der Waals surface area contributed by atoms with Gasteiger partial charge in [-0.2, -0.15) is 0 Å². The van der Waals surface area contributed by atoms with Crippen molar-refractivity contribution >= 4 is 11.6 Å². The van der Waals surface area contributed by atoms with E-state index in [1.54, 1.807) is 13.8 Å². The van der Waals surface area contributed by atoms with Crippen LogP contribution in [0.4, 0.5) is 0 Å². The molecule has 3 fully saturated rings. The first-order valence-electron chi connectivity index (χ1n) is 11.3. The molecule has 5 aliphatic rings. The van der Waals surface area contributed by atoms with Crippen molar-refractivity contribution in [3.63, 3.8) is 0 Å². The Balaban J connectivity index is 1.86. The number of fused-ring (bicyclic) bond motifs is 1. The summed E-state index contributed by atoms with van der Waals surface area (Å²) < 4.78 is 6.90. The first kappa shape index (κ1) is 20.2. The molecule has 2 bridgehead atoms. The van der Waals surface area contributed by atoms with Crippen LogP contribution in [0.2, 0.25) is 0 Å². The van der Waals surface area contributed by atoms with E-state index in [9.17, 15) is 9.59 Å². The van der Waals surface area contributed by atoms with Crippen molar-refractivity contribution in [3.8, 4) is 0 Å². The molecule has 1 spiro atoms. The highest BCUT2D eigenvalue weighted by Crippen LogP contribution is 2.68. The van der Waals surface area contributed by atoms with Gasteiger partial charge in [0.15, 0.2) is 11.6 Å². The SMILES string of the molecule is CC(C)CC1CC2(CCC3CC2C3(C)C)OC2=C1C(=O)C(C)(C)C(=O)C2(C)C. The Labute approximate surface area is 170 Å². The van der Waals surface area contributed by atoms with Crippen molar-refractivity contribution in [1.29, 1.82) is 0 Å². The fourth-order valence-electron chi connectivity index (χ4n) is 7.21. The Kier molecular flexibility index (Phi) is 4.13. The van der Waals surface area contributed by atoms with Crippen LogP contribution in [0, 0.1) is 39.9 Å². The molecule has 0 aromatic carbocycles. The zero-order valence-corrected chi connectivity index (χ0v) is 19.1. The molecule has 5 rings (SSSR count). The van der Waals surface area contributed by atoms with Gasteiger partial charge in [-0.05, 0) is 83.0 Å². The van der Waals surface area contributed by atoms with Crippen LogP contribution in [0.3, 0.4) is 0 Å². The number of allylic oxidation sites excluding steroid dienone is 2.